The van der Waals surface area contributed by atoms with Crippen molar-refractivity contribution in [2.45, 2.75) is 12.8 Å². The Labute approximate surface area is 173 Å². The highest BCUT2D eigenvalue weighted by Crippen LogP contribution is 2.32. The van der Waals surface area contributed by atoms with Crippen molar-refractivity contribution in [3.8, 4) is 18.1 Å². The van der Waals surface area contributed by atoms with Gasteiger partial charge in [-0.2, -0.15) is 0 Å². The van der Waals surface area contributed by atoms with Gasteiger partial charge in [0.2, 0.25) is 5.91 Å². The van der Waals surface area contributed by atoms with Gasteiger partial charge < -0.3 is 15.8 Å². The van der Waals surface area contributed by atoms with Gasteiger partial charge in [0.05, 0.1) is 22.9 Å². The predicted octanol–water partition coefficient (Wildman–Crippen LogP) is 3.36. The molecule has 0 saturated carbocycles. The summed E-state index contributed by atoms with van der Waals surface area (Å²) in [5.41, 5.74) is 7.85. The first-order chi connectivity index (χ1) is 14.0. The smallest absolute Gasteiger partial charge is 0.256 e. The molecular weight excluding hydrogens is 386 g/mol. The summed E-state index contributed by atoms with van der Waals surface area (Å²) in [6.07, 6.45) is 6.33. The Bertz CT molecular complexity index is 1030. The largest absolute Gasteiger partial charge is 0.497 e. The molecule has 1 aliphatic heterocycles. The number of hydrogen-bond donors (Lipinski definition) is 2. The van der Waals surface area contributed by atoms with E-state index in [-0.39, 0.29) is 5.91 Å². The lowest BCUT2D eigenvalue weighted by Crippen LogP contribution is -2.29. The molecule has 0 spiro atoms. The number of terminal acetylenes is 1. The van der Waals surface area contributed by atoms with E-state index < -0.39 is 5.91 Å². The Hall–Kier alpha value is -3.50. The van der Waals surface area contributed by atoms with Crippen molar-refractivity contribution in [3.05, 3.63) is 70.3 Å². The monoisotopic (exact) mass is 405 g/mol. The maximum absolute atomic E-state index is 12.6. The fourth-order valence-corrected chi connectivity index (χ4v) is 3.74. The van der Waals surface area contributed by atoms with Crippen LogP contribution in [0.25, 0.3) is 0 Å². The molecule has 0 atom stereocenters. The van der Waals surface area contributed by atoms with E-state index >= 15 is 0 Å². The number of aliphatic imine (C=N–C) groups is 1. The Kier molecular flexibility index (Phi) is 6.37. The molecule has 0 aliphatic carbocycles. The first-order valence-electron chi connectivity index (χ1n) is 8.80. The first-order valence-corrected chi connectivity index (χ1v) is 9.62. The predicted molar refractivity (Wildman–Crippen MR) is 115 cm³/mol. The number of primary amides is 1. The van der Waals surface area contributed by atoms with Gasteiger partial charge in [0, 0.05) is 23.1 Å². The van der Waals surface area contributed by atoms with E-state index in [9.17, 15) is 9.59 Å². The second-order valence-corrected chi connectivity index (χ2v) is 7.24. The summed E-state index contributed by atoms with van der Waals surface area (Å²) in [5.74, 6) is 2.31. The summed E-state index contributed by atoms with van der Waals surface area (Å²) in [7, 11) is 1.55. The fourth-order valence-electron chi connectivity index (χ4n) is 2.68. The summed E-state index contributed by atoms with van der Waals surface area (Å²) >= 11 is 1.24. The molecule has 0 radical (unpaired) electrons. The van der Waals surface area contributed by atoms with Crippen LogP contribution < -0.4 is 15.8 Å². The van der Waals surface area contributed by atoms with Gasteiger partial charge in [-0.25, -0.2) is 4.99 Å². The van der Waals surface area contributed by atoms with Crippen molar-refractivity contribution in [3.63, 3.8) is 0 Å². The Morgan fingerprint density at radius 1 is 1.14 bits per heavy atom. The van der Waals surface area contributed by atoms with Gasteiger partial charge in [0.25, 0.3) is 5.91 Å². The van der Waals surface area contributed by atoms with Gasteiger partial charge in [0.1, 0.15) is 5.75 Å². The number of ether oxygens (including phenoxy) is 1. The third-order valence-corrected chi connectivity index (χ3v) is 5.33. The topological polar surface area (TPSA) is 93.8 Å². The first kappa shape index (κ1) is 20.2. The maximum Gasteiger partial charge on any atom is 0.256 e. The van der Waals surface area contributed by atoms with Crippen molar-refractivity contribution in [1.82, 2.24) is 5.32 Å². The minimum absolute atomic E-state index is 0.339. The minimum Gasteiger partial charge on any atom is -0.497 e. The second kappa shape index (κ2) is 9.13. The Balaban J connectivity index is 1.81. The molecule has 2 aromatic rings. The van der Waals surface area contributed by atoms with Gasteiger partial charge in [-0.3, -0.25) is 9.59 Å². The molecule has 0 aromatic heterocycles. The van der Waals surface area contributed by atoms with E-state index in [2.05, 4.69) is 16.2 Å². The molecule has 0 saturated heterocycles. The van der Waals surface area contributed by atoms with Crippen LogP contribution in [0.15, 0.2) is 64.1 Å². The number of amides is 2. The molecule has 7 heteroatoms. The van der Waals surface area contributed by atoms with Crippen LogP contribution in [0.1, 0.15) is 28.8 Å². The van der Waals surface area contributed by atoms with Crippen molar-refractivity contribution in [2.75, 3.05) is 7.11 Å². The maximum atomic E-state index is 12.6. The van der Waals surface area contributed by atoms with Crippen LogP contribution in [0, 0.1) is 12.3 Å². The molecule has 1 heterocycles. The normalized spacial score (nSPS) is 15.0. The SMILES string of the molecule is C#Cc1ccc(N=C2CCC(C(N)=O)=C(NC(=O)c3ccc(OC)cc3)S2)cc1. The average molecular weight is 405 g/mol. The zero-order valence-corrected chi connectivity index (χ0v) is 16.6. The number of nitrogens with one attached hydrogen (secondary N) is 1. The highest BCUT2D eigenvalue weighted by atomic mass is 32.2. The number of nitrogens with two attached hydrogens (primary N) is 1. The van der Waals surface area contributed by atoms with Crippen LogP contribution >= 0.6 is 11.8 Å². The van der Waals surface area contributed by atoms with Gasteiger partial charge in [-0.15, -0.1) is 6.42 Å². The van der Waals surface area contributed by atoms with Gasteiger partial charge >= 0.3 is 0 Å². The van der Waals surface area contributed by atoms with Crippen LogP contribution in [-0.4, -0.2) is 24.0 Å². The van der Waals surface area contributed by atoms with Crippen LogP contribution in [0.3, 0.4) is 0 Å². The zero-order chi connectivity index (χ0) is 20.8. The average Bonchev–Trinajstić information content (AvgIpc) is 2.74. The Morgan fingerprint density at radius 2 is 1.83 bits per heavy atom. The summed E-state index contributed by atoms with van der Waals surface area (Å²) in [4.78, 5) is 29.0. The van der Waals surface area contributed by atoms with E-state index in [1.165, 1.54) is 11.8 Å². The lowest BCUT2D eigenvalue weighted by atomic mass is 10.1. The molecular formula is C22H19N3O3S. The fraction of sp³-hybridized carbons (Fsp3) is 0.136. The second-order valence-electron chi connectivity index (χ2n) is 6.15. The van der Waals surface area contributed by atoms with E-state index in [0.717, 1.165) is 16.3 Å². The summed E-state index contributed by atoms with van der Waals surface area (Å²) < 4.78 is 5.10. The van der Waals surface area contributed by atoms with Crippen LogP contribution in [0.4, 0.5) is 5.69 Å². The highest BCUT2D eigenvalue weighted by Gasteiger charge is 2.24. The van der Waals surface area contributed by atoms with Crippen molar-refractivity contribution in [1.29, 1.82) is 0 Å². The third-order valence-electron chi connectivity index (χ3n) is 4.25. The number of nitrogens with zero attached hydrogens (tertiary/aromatic N) is 1. The molecule has 1 aliphatic rings. The van der Waals surface area contributed by atoms with Gasteiger partial charge in [-0.05, 0) is 55.0 Å². The molecule has 2 aromatic carbocycles. The van der Waals surface area contributed by atoms with Gasteiger partial charge in [0.15, 0.2) is 0 Å². The number of carbonyl (C=O) groups is 2. The molecule has 6 nitrogen and oxygen atoms in total. The number of carbonyl (C=O) groups excluding carboxylic acids is 2. The standard InChI is InChI=1S/C22H19N3O3S/c1-3-14-4-8-16(9-5-14)24-19-13-12-18(20(23)26)22(29-19)25-21(27)15-6-10-17(28-2)11-7-15/h1,4-11H,12-13H2,2H3,(H2,23,26)(H,25,27). The number of methoxy groups -OCH3 is 1. The van der Waals surface area contributed by atoms with E-state index in [1.807, 2.05) is 24.3 Å². The molecule has 2 amide bonds. The number of benzene rings is 2. The van der Waals surface area contributed by atoms with Gasteiger partial charge in [-0.1, -0.05) is 17.7 Å². The van der Waals surface area contributed by atoms with Crippen molar-refractivity contribution < 1.29 is 14.3 Å². The Morgan fingerprint density at radius 3 is 2.41 bits per heavy atom. The lowest BCUT2D eigenvalue weighted by Gasteiger charge is -2.20. The molecule has 0 bridgehead atoms. The van der Waals surface area contributed by atoms with Crippen LogP contribution in [-0.2, 0) is 4.79 Å². The van der Waals surface area contributed by atoms with E-state index in [1.54, 1.807) is 31.4 Å². The van der Waals surface area contributed by atoms with Crippen molar-refractivity contribution in [2.24, 2.45) is 10.7 Å². The molecule has 146 valence electrons. The lowest BCUT2D eigenvalue weighted by molar-refractivity contribution is -0.114. The zero-order valence-electron chi connectivity index (χ0n) is 15.8. The summed E-state index contributed by atoms with van der Waals surface area (Å²) in [6, 6.07) is 14.0. The van der Waals surface area contributed by atoms with Crippen molar-refractivity contribution >= 4 is 34.3 Å². The van der Waals surface area contributed by atoms with Crippen LogP contribution in [0.2, 0.25) is 0 Å². The summed E-state index contributed by atoms with van der Waals surface area (Å²) in [5, 5.41) is 3.97. The van der Waals surface area contributed by atoms with E-state index in [4.69, 9.17) is 16.9 Å². The molecule has 29 heavy (non-hydrogen) atoms. The summed E-state index contributed by atoms with van der Waals surface area (Å²) in [6.45, 7) is 0. The van der Waals surface area contributed by atoms with Crippen LogP contribution in [0.5, 0.6) is 5.75 Å². The minimum atomic E-state index is -0.556. The molecule has 3 rings (SSSR count). The number of thioether (sulfide) groups is 1. The quantitative estimate of drug-likeness (QED) is 0.746. The van der Waals surface area contributed by atoms with E-state index in [0.29, 0.717) is 34.8 Å². The third kappa shape index (κ3) is 5.06. The molecule has 0 fully saturated rings. The number of hydrogen-bond acceptors (Lipinski definition) is 5. The highest BCUT2D eigenvalue weighted by molar-refractivity contribution is 8.17. The molecule has 0 unspecified atom stereocenters. The molecule has 3 N–H and O–H groups in total. The number of rotatable bonds is 5.